The molecule has 10 nitrogen and oxygen atoms in total. The number of amides is 1. The van der Waals surface area contributed by atoms with E-state index in [0.29, 0.717) is 29.1 Å². The second-order valence-corrected chi connectivity index (χ2v) is 12.3. The number of benzene rings is 2. The molecular formula is C21H23ClN4O6S2. The van der Waals surface area contributed by atoms with Crippen molar-refractivity contribution in [1.82, 2.24) is 14.0 Å². The van der Waals surface area contributed by atoms with Crippen LogP contribution in [-0.4, -0.2) is 74.6 Å². The van der Waals surface area contributed by atoms with Gasteiger partial charge in [-0.15, -0.1) is 0 Å². The lowest BCUT2D eigenvalue weighted by Gasteiger charge is -2.32. The fraction of sp³-hybridized carbons (Fsp3) is 0.333. The molecule has 2 N–H and O–H groups in total. The predicted molar refractivity (Wildman–Crippen MR) is 127 cm³/mol. The number of phenols is 1. The van der Waals surface area contributed by atoms with Gasteiger partial charge in [-0.25, -0.2) is 22.3 Å². The van der Waals surface area contributed by atoms with Crippen molar-refractivity contribution < 1.29 is 26.7 Å². The van der Waals surface area contributed by atoms with Gasteiger partial charge in [-0.2, -0.15) is 13.7 Å². The normalized spacial score (nSPS) is 18.7. The topological polar surface area (TPSA) is 136 Å². The zero-order chi connectivity index (χ0) is 24.7. The summed E-state index contributed by atoms with van der Waals surface area (Å²) < 4.78 is 51.9. The molecule has 0 unspecified atom stereocenters. The summed E-state index contributed by atoms with van der Waals surface area (Å²) in [6, 6.07) is 8.63. The minimum atomic E-state index is -3.92. The number of hydrogen-bond acceptors (Lipinski definition) is 7. The lowest BCUT2D eigenvalue weighted by molar-refractivity contribution is 0.0954. The predicted octanol–water partition coefficient (Wildman–Crippen LogP) is 1.39. The van der Waals surface area contributed by atoms with E-state index in [-0.39, 0.29) is 42.4 Å². The van der Waals surface area contributed by atoms with Crippen molar-refractivity contribution in [3.63, 3.8) is 0 Å². The van der Waals surface area contributed by atoms with Crippen LogP contribution in [0.1, 0.15) is 27.9 Å². The van der Waals surface area contributed by atoms with E-state index in [2.05, 4.69) is 10.5 Å². The molecule has 1 amide bonds. The Morgan fingerprint density at radius 1 is 1.03 bits per heavy atom. The highest BCUT2D eigenvalue weighted by atomic mass is 35.5. The Labute approximate surface area is 202 Å². The van der Waals surface area contributed by atoms with Gasteiger partial charge >= 0.3 is 0 Å². The Morgan fingerprint density at radius 2 is 1.71 bits per heavy atom. The smallest absolute Gasteiger partial charge is 0.271 e. The lowest BCUT2D eigenvalue weighted by atomic mass is 10.1. The monoisotopic (exact) mass is 526 g/mol. The molecule has 1 heterocycles. The summed E-state index contributed by atoms with van der Waals surface area (Å²) in [6.45, 7) is 0.165. The molecule has 13 heteroatoms. The second kappa shape index (κ2) is 9.27. The van der Waals surface area contributed by atoms with Crippen LogP contribution in [0.2, 0.25) is 5.02 Å². The third kappa shape index (κ3) is 4.82. The molecular weight excluding hydrogens is 504 g/mol. The number of carbonyl (C=O) groups is 1. The van der Waals surface area contributed by atoms with Crippen LogP contribution in [0.25, 0.3) is 0 Å². The molecule has 0 aromatic heterocycles. The Morgan fingerprint density at radius 3 is 2.38 bits per heavy atom. The molecule has 4 rings (SSSR count). The van der Waals surface area contributed by atoms with E-state index < -0.39 is 26.0 Å². The quantitative estimate of drug-likeness (QED) is 0.565. The maximum atomic E-state index is 13.1. The lowest BCUT2D eigenvalue weighted by Crippen LogP contribution is -2.50. The van der Waals surface area contributed by atoms with Gasteiger partial charge in [0.05, 0.1) is 16.9 Å². The van der Waals surface area contributed by atoms with E-state index in [1.165, 1.54) is 38.9 Å². The van der Waals surface area contributed by atoms with Crippen molar-refractivity contribution in [3.8, 4) is 5.75 Å². The van der Waals surface area contributed by atoms with Crippen LogP contribution in [0.3, 0.4) is 0 Å². The van der Waals surface area contributed by atoms with Gasteiger partial charge in [0.1, 0.15) is 5.75 Å². The fourth-order valence-electron chi connectivity index (χ4n) is 4.03. The average molecular weight is 527 g/mol. The number of hydrazone groups is 1. The highest BCUT2D eigenvalue weighted by Crippen LogP contribution is 2.35. The first-order chi connectivity index (χ1) is 16.0. The Kier molecular flexibility index (Phi) is 6.71. The maximum absolute atomic E-state index is 13.1. The summed E-state index contributed by atoms with van der Waals surface area (Å²) in [4.78, 5) is 12.6. The highest BCUT2D eigenvalue weighted by Gasteiger charge is 2.31. The van der Waals surface area contributed by atoms with Gasteiger partial charge in [0, 0.05) is 42.3 Å². The Bertz CT molecular complexity index is 1380. The van der Waals surface area contributed by atoms with Gasteiger partial charge in [0.15, 0.2) is 0 Å². The molecule has 34 heavy (non-hydrogen) atoms. The zero-order valence-electron chi connectivity index (χ0n) is 18.2. The molecule has 2 aromatic rings. The Hall–Kier alpha value is -2.51. The van der Waals surface area contributed by atoms with E-state index in [1.807, 2.05) is 0 Å². The van der Waals surface area contributed by atoms with Crippen LogP contribution in [0, 0.1) is 0 Å². The number of carbonyl (C=O) groups excluding carboxylic acids is 1. The van der Waals surface area contributed by atoms with Gasteiger partial charge in [-0.1, -0.05) is 17.7 Å². The van der Waals surface area contributed by atoms with Gasteiger partial charge in [-0.3, -0.25) is 4.79 Å². The number of fused-ring (bicyclic) bond motifs is 1. The number of nitrogens with zero attached hydrogens (tertiary/aromatic N) is 3. The molecule has 0 radical (unpaired) electrons. The molecule has 1 fully saturated rings. The number of sulfonamides is 2. The van der Waals surface area contributed by atoms with Crippen molar-refractivity contribution in [2.24, 2.45) is 5.10 Å². The summed E-state index contributed by atoms with van der Waals surface area (Å²) in [6.07, 6.45) is 2.15. The van der Waals surface area contributed by atoms with Crippen LogP contribution in [0.4, 0.5) is 0 Å². The third-order valence-corrected chi connectivity index (χ3v) is 9.38. The average Bonchev–Trinajstić information content (AvgIpc) is 3.25. The molecule has 0 saturated carbocycles. The molecule has 0 bridgehead atoms. The zero-order valence-corrected chi connectivity index (χ0v) is 20.6. The van der Waals surface area contributed by atoms with Crippen molar-refractivity contribution in [2.75, 3.05) is 32.4 Å². The van der Waals surface area contributed by atoms with Crippen LogP contribution in [-0.2, 0) is 26.5 Å². The summed E-state index contributed by atoms with van der Waals surface area (Å²) >= 11 is 6.17. The second-order valence-electron chi connectivity index (χ2n) is 8.01. The molecule has 2 aliphatic rings. The molecule has 2 aromatic carbocycles. The van der Waals surface area contributed by atoms with Crippen LogP contribution in [0.5, 0.6) is 5.75 Å². The minimum Gasteiger partial charge on any atom is -0.507 e. The number of piperazine rings is 1. The van der Waals surface area contributed by atoms with Crippen molar-refractivity contribution >= 4 is 43.3 Å². The van der Waals surface area contributed by atoms with E-state index in [1.54, 1.807) is 6.07 Å². The first kappa shape index (κ1) is 24.6. The fourth-order valence-corrected chi connectivity index (χ4v) is 6.58. The van der Waals surface area contributed by atoms with Crippen LogP contribution < -0.4 is 5.43 Å². The molecule has 0 atom stereocenters. The van der Waals surface area contributed by atoms with E-state index >= 15 is 0 Å². The number of phenolic OH excluding ortho intramolecular Hbond substituents is 1. The first-order valence-electron chi connectivity index (χ1n) is 10.4. The van der Waals surface area contributed by atoms with E-state index in [4.69, 9.17) is 11.6 Å². The van der Waals surface area contributed by atoms with E-state index in [0.717, 1.165) is 11.8 Å². The van der Waals surface area contributed by atoms with Gasteiger partial charge in [-0.05, 0) is 48.7 Å². The third-order valence-electron chi connectivity index (χ3n) is 5.83. The molecule has 0 spiro atoms. The molecule has 182 valence electrons. The molecule has 1 saturated heterocycles. The van der Waals surface area contributed by atoms with Crippen molar-refractivity contribution in [3.05, 3.63) is 58.1 Å². The van der Waals surface area contributed by atoms with Crippen molar-refractivity contribution in [2.45, 2.75) is 17.7 Å². The van der Waals surface area contributed by atoms with Gasteiger partial charge in [0.25, 0.3) is 5.91 Å². The van der Waals surface area contributed by atoms with E-state index in [9.17, 15) is 26.7 Å². The van der Waals surface area contributed by atoms with Crippen molar-refractivity contribution in [1.29, 1.82) is 0 Å². The standard InChI is InChI=1S/C21H23ClN4O6S2/c1-33(29,30)25-9-11-26(12-10-25)34(31,32)15-4-2-3-14(13-15)21(28)24-23-18-7-5-16-17(22)6-8-19(27)20(16)18/h2-4,6,8,13,27H,5,7,9-12H2,1H3,(H,24,28)/b23-18+. The first-order valence-corrected chi connectivity index (χ1v) is 14.1. The Balaban J connectivity index is 1.50. The number of hydrogen-bond donors (Lipinski definition) is 2. The number of nitrogens with one attached hydrogen (secondary N) is 1. The molecule has 1 aliphatic heterocycles. The SMILES string of the molecule is CS(=O)(=O)N1CCN(S(=O)(=O)c2cccc(C(=O)N/N=C3\CCc4c(Cl)ccc(O)c43)c2)CC1. The van der Waals surface area contributed by atoms with Crippen LogP contribution >= 0.6 is 11.6 Å². The largest absolute Gasteiger partial charge is 0.507 e. The van der Waals surface area contributed by atoms with Crippen LogP contribution in [0.15, 0.2) is 46.4 Å². The summed E-state index contributed by atoms with van der Waals surface area (Å²) in [5.74, 6) is -0.588. The number of halogens is 1. The minimum absolute atomic E-state index is 0.0188. The highest BCUT2D eigenvalue weighted by molar-refractivity contribution is 7.89. The number of aromatic hydroxyl groups is 1. The van der Waals surface area contributed by atoms with Gasteiger partial charge < -0.3 is 5.11 Å². The summed E-state index contributed by atoms with van der Waals surface area (Å²) in [5.41, 5.74) is 4.26. The summed E-state index contributed by atoms with van der Waals surface area (Å²) in [7, 11) is -7.31. The number of rotatable bonds is 5. The summed E-state index contributed by atoms with van der Waals surface area (Å²) in [5, 5.41) is 14.8. The molecule has 1 aliphatic carbocycles. The maximum Gasteiger partial charge on any atom is 0.271 e. The van der Waals surface area contributed by atoms with Gasteiger partial charge in [0.2, 0.25) is 20.0 Å².